The summed E-state index contributed by atoms with van der Waals surface area (Å²) in [5.41, 5.74) is 1.49. The molecule has 2 aliphatic rings. The molecular formula is C33H38F2IN7O2U. The number of likely N-dealkylation sites (tertiary alicyclic amines) is 1. The third kappa shape index (κ3) is 11.1. The molecule has 46 heavy (non-hydrogen) atoms. The Hall–Kier alpha value is -2.47. The smallest absolute Gasteiger partial charge is 0.347 e. The summed E-state index contributed by atoms with van der Waals surface area (Å²) in [6, 6.07) is 11.5. The molecule has 5 rings (SSSR count). The first-order chi connectivity index (χ1) is 21.6. The number of pyridine rings is 1. The second-order valence-corrected chi connectivity index (χ2v) is 12.4. The van der Waals surface area contributed by atoms with Crippen LogP contribution in [0.4, 0.5) is 20.4 Å². The number of piperidine rings is 2. The number of nitrogens with one attached hydrogen (secondary N) is 2. The maximum atomic E-state index is 14.2. The van der Waals surface area contributed by atoms with Gasteiger partial charge >= 0.3 is 35.0 Å². The monoisotopic (exact) mass is 967 g/mol. The van der Waals surface area contributed by atoms with Crippen LogP contribution in [0.5, 0.6) is 0 Å². The van der Waals surface area contributed by atoms with Crippen LogP contribution in [0.15, 0.2) is 64.7 Å². The number of nitrogens with zero attached hydrogens (tertiary/aromatic N) is 5. The minimum absolute atomic E-state index is 0. The zero-order valence-corrected chi connectivity index (χ0v) is 32.4. The number of alkyl halides is 3. The zero-order chi connectivity index (χ0) is 32.4. The molecule has 1 amide bonds. The van der Waals surface area contributed by atoms with Gasteiger partial charge in [-0.15, -0.1) is 18.7 Å². The number of carbonyl (C=O) groups is 1. The van der Waals surface area contributed by atoms with Crippen LogP contribution in [0.2, 0.25) is 0 Å². The zero-order valence-electron chi connectivity index (χ0n) is 26.0. The first kappa shape index (κ1) is 38.0. The number of halogens is 3. The van der Waals surface area contributed by atoms with Crippen LogP contribution < -0.4 is 16.2 Å². The number of hydrogen-bond donors (Lipinski definition) is 2. The summed E-state index contributed by atoms with van der Waals surface area (Å²) < 4.78 is 26.2. The molecule has 0 radical (unpaired) electrons. The Labute approximate surface area is 306 Å². The van der Waals surface area contributed by atoms with Crippen molar-refractivity contribution in [2.75, 3.05) is 31.5 Å². The molecule has 2 N–H and O–H groups in total. The van der Waals surface area contributed by atoms with E-state index in [0.29, 0.717) is 35.4 Å². The van der Waals surface area contributed by atoms with E-state index in [1.165, 1.54) is 31.8 Å². The number of benzene rings is 1. The molecule has 0 atom stereocenters. The van der Waals surface area contributed by atoms with Gasteiger partial charge in [-0.1, -0.05) is 24.8 Å². The van der Waals surface area contributed by atoms with E-state index in [1.54, 1.807) is 55.2 Å². The fourth-order valence-electron chi connectivity index (χ4n) is 5.11. The molecule has 4 heterocycles. The van der Waals surface area contributed by atoms with E-state index in [9.17, 15) is 18.4 Å². The van der Waals surface area contributed by atoms with Crippen LogP contribution >= 0.6 is 22.6 Å². The number of aromatic nitrogens is 3. The summed E-state index contributed by atoms with van der Waals surface area (Å²) in [5.74, 6) is 0.336. The molecule has 0 unspecified atom stereocenters. The molecule has 0 aliphatic carbocycles. The van der Waals surface area contributed by atoms with Gasteiger partial charge in [0.1, 0.15) is 12.2 Å². The molecule has 2 aromatic heterocycles. The van der Waals surface area contributed by atoms with Gasteiger partial charge in [0.25, 0.3) is 5.56 Å². The average molecular weight is 968 g/mol. The predicted octanol–water partition coefficient (Wildman–Crippen LogP) is 6.18. The summed E-state index contributed by atoms with van der Waals surface area (Å²) in [6.45, 7) is 10.2. The van der Waals surface area contributed by atoms with E-state index in [1.807, 2.05) is 0 Å². The molecule has 0 bridgehead atoms. The fraction of sp³-hybridized carbons (Fsp3) is 0.394. The van der Waals surface area contributed by atoms with Gasteiger partial charge in [-0.3, -0.25) is 19.1 Å². The molecule has 0 spiro atoms. The Bertz CT molecular complexity index is 1590. The number of allylic oxidation sites excluding steroid dienone is 3. The first-order valence-electron chi connectivity index (χ1n) is 14.9. The van der Waals surface area contributed by atoms with Crippen LogP contribution in [-0.4, -0.2) is 61.7 Å². The van der Waals surface area contributed by atoms with Gasteiger partial charge in [0.05, 0.1) is 0 Å². The van der Waals surface area contributed by atoms with Crippen LogP contribution in [0.3, 0.4) is 0 Å². The molecule has 0 saturated carbocycles. The van der Waals surface area contributed by atoms with Crippen LogP contribution in [0.1, 0.15) is 45.1 Å². The van der Waals surface area contributed by atoms with E-state index in [0.717, 1.165) is 46.5 Å². The minimum Gasteiger partial charge on any atom is -0.347 e. The van der Waals surface area contributed by atoms with Crippen molar-refractivity contribution < 1.29 is 44.7 Å². The Morgan fingerprint density at radius 2 is 2.04 bits per heavy atom. The molecular weight excluding hydrogens is 929 g/mol. The third-order valence-electron chi connectivity index (χ3n) is 7.59. The van der Waals surface area contributed by atoms with Gasteiger partial charge in [0, 0.05) is 83.2 Å². The summed E-state index contributed by atoms with van der Waals surface area (Å²) in [6.07, 6.45) is 11.2. The molecule has 9 nitrogen and oxygen atoms in total. The standard InChI is InChI=1S/C28H28F2IN6O2.C5H10N.U/c1-4-20(15-32-18(2)21-10-12-36(13-11-21)19(3)38)24-14-22-16-33-27(34-23-8-6-5-7-9-23)35-25(22)37(26(24)39)17-28(29,30)31;1-2-4-6-5-3-1;/h4,6-9,14-16,21H,2,10-13,17H2,1,3H3,(H,33,34,35);2,6H,1,3-5H2;/q2*-1;+2/b20-4+,32-15?;;. The number of anilines is 2. The van der Waals surface area contributed by atoms with Crippen LogP contribution in [0, 0.1) is 49.5 Å². The van der Waals surface area contributed by atoms with Crippen molar-refractivity contribution in [3.05, 3.63) is 83.3 Å². The van der Waals surface area contributed by atoms with Gasteiger partial charge in [-0.25, -0.2) is 4.98 Å². The fourth-order valence-corrected chi connectivity index (χ4v) is 5.46. The van der Waals surface area contributed by atoms with Gasteiger partial charge in [-0.05, 0) is 32.4 Å². The molecule has 2 aliphatic heterocycles. The molecule has 1 aromatic carbocycles. The number of fused-ring (bicyclic) bond motifs is 1. The number of aliphatic imine (C=N–C) groups is 1. The SMILES string of the molecule is C=C(N=C/C(=C\C)c1cc2cnc(Nc3cc[c-]cc3)nc2n(CC(F)(F)I)c1=O)C1CCN(C(C)=O)CC1.[CH-]1CCCNC1.[U+2]. The van der Waals surface area contributed by atoms with E-state index in [-0.39, 0.29) is 60.1 Å². The van der Waals surface area contributed by atoms with Crippen molar-refractivity contribution in [3.63, 3.8) is 0 Å². The predicted molar refractivity (Wildman–Crippen MR) is 184 cm³/mol. The quantitative estimate of drug-likeness (QED) is 0.121. The molecule has 3 aromatic rings. The number of amides is 1. The van der Waals surface area contributed by atoms with Crippen molar-refractivity contribution in [1.82, 2.24) is 24.8 Å². The molecule has 242 valence electrons. The van der Waals surface area contributed by atoms with E-state index in [2.05, 4.69) is 44.7 Å². The van der Waals surface area contributed by atoms with Gasteiger partial charge < -0.3 is 22.0 Å². The van der Waals surface area contributed by atoms with E-state index in [4.69, 9.17) is 0 Å². The number of carbonyl (C=O) groups excluding carboxylic acids is 1. The summed E-state index contributed by atoms with van der Waals surface area (Å²) in [7, 11) is 0. The topological polar surface area (TPSA) is 105 Å². The Morgan fingerprint density at radius 3 is 2.59 bits per heavy atom. The van der Waals surface area contributed by atoms with Gasteiger partial charge in [0.2, 0.25) is 11.9 Å². The van der Waals surface area contributed by atoms with Crippen LogP contribution in [0.25, 0.3) is 16.6 Å². The Balaban J connectivity index is 0.000000738. The molecule has 2 fully saturated rings. The second-order valence-electron chi connectivity index (χ2n) is 10.9. The van der Waals surface area contributed by atoms with Crippen molar-refractivity contribution >= 4 is 63.0 Å². The second kappa shape index (κ2) is 18.2. The maximum absolute atomic E-state index is 14.2. The summed E-state index contributed by atoms with van der Waals surface area (Å²) in [4.78, 5) is 40.2. The summed E-state index contributed by atoms with van der Waals surface area (Å²) in [5, 5.41) is 6.68. The number of hydrogen-bond acceptors (Lipinski definition) is 7. The Kier molecular flexibility index (Phi) is 15.0. The average Bonchev–Trinajstić information content (AvgIpc) is 3.04. The van der Waals surface area contributed by atoms with Gasteiger partial charge in [0.15, 0.2) is 0 Å². The van der Waals surface area contributed by atoms with Crippen molar-refractivity contribution in [2.45, 2.75) is 50.0 Å². The maximum Gasteiger partial charge on any atom is 2.00 e. The molecule has 2 saturated heterocycles. The third-order valence-corrected chi connectivity index (χ3v) is 7.93. The van der Waals surface area contributed by atoms with E-state index >= 15 is 0 Å². The van der Waals surface area contributed by atoms with Crippen molar-refractivity contribution in [2.24, 2.45) is 10.9 Å². The molecule has 13 heteroatoms. The normalized spacial score (nSPS) is 16.0. The minimum atomic E-state index is -3.19. The van der Waals surface area contributed by atoms with E-state index < -0.39 is 16.0 Å². The van der Waals surface area contributed by atoms with Crippen molar-refractivity contribution in [3.8, 4) is 0 Å². The summed E-state index contributed by atoms with van der Waals surface area (Å²) >= 11 is 1.02. The van der Waals surface area contributed by atoms with Gasteiger partial charge in [-0.2, -0.15) is 38.4 Å². The first-order valence-corrected chi connectivity index (χ1v) is 16.0. The van der Waals surface area contributed by atoms with Crippen molar-refractivity contribution in [1.29, 1.82) is 0 Å². The Morgan fingerprint density at radius 1 is 1.33 bits per heavy atom. The van der Waals surface area contributed by atoms with Crippen LogP contribution in [-0.2, 0) is 11.3 Å². The largest absolute Gasteiger partial charge is 2.00 e. The number of rotatable bonds is 8.